The Labute approximate surface area is 206 Å². The zero-order valence-electron chi connectivity index (χ0n) is 19.6. The number of sulfonamides is 1. The molecule has 0 aliphatic rings. The SMILES string of the molecule is COC(=O)c1ccccc1Sc1ccc(S(=O)(=O)NCCc2ccc(CC(C)C)cc2)cc1N. The van der Waals surface area contributed by atoms with E-state index >= 15 is 0 Å². The zero-order chi connectivity index (χ0) is 24.7. The molecular weight excluding hydrogens is 468 g/mol. The van der Waals surface area contributed by atoms with Crippen LogP contribution in [0.5, 0.6) is 0 Å². The minimum absolute atomic E-state index is 0.0999. The summed E-state index contributed by atoms with van der Waals surface area (Å²) < 4.78 is 33.0. The van der Waals surface area contributed by atoms with Crippen molar-refractivity contribution < 1.29 is 17.9 Å². The summed E-state index contributed by atoms with van der Waals surface area (Å²) in [4.78, 5) is 13.4. The maximum Gasteiger partial charge on any atom is 0.339 e. The van der Waals surface area contributed by atoms with Gasteiger partial charge in [0.2, 0.25) is 10.0 Å². The molecule has 0 aliphatic heterocycles. The van der Waals surface area contributed by atoms with Crippen LogP contribution in [0.4, 0.5) is 5.69 Å². The molecule has 3 rings (SSSR count). The zero-order valence-corrected chi connectivity index (χ0v) is 21.2. The van der Waals surface area contributed by atoms with Crippen LogP contribution in [0.2, 0.25) is 0 Å². The van der Waals surface area contributed by atoms with Gasteiger partial charge in [0.25, 0.3) is 0 Å². The largest absolute Gasteiger partial charge is 0.465 e. The highest BCUT2D eigenvalue weighted by molar-refractivity contribution is 7.99. The molecule has 0 aromatic heterocycles. The van der Waals surface area contributed by atoms with E-state index in [2.05, 4.69) is 30.7 Å². The van der Waals surface area contributed by atoms with Gasteiger partial charge in [-0.05, 0) is 60.2 Å². The van der Waals surface area contributed by atoms with E-state index in [4.69, 9.17) is 10.5 Å². The van der Waals surface area contributed by atoms with E-state index in [0.29, 0.717) is 33.4 Å². The molecule has 0 heterocycles. The number of methoxy groups -OCH3 is 1. The van der Waals surface area contributed by atoms with Crippen molar-refractivity contribution in [1.29, 1.82) is 0 Å². The number of nitrogens with one attached hydrogen (secondary N) is 1. The summed E-state index contributed by atoms with van der Waals surface area (Å²) in [6.07, 6.45) is 1.62. The third-order valence-electron chi connectivity index (χ3n) is 5.18. The number of benzene rings is 3. The smallest absolute Gasteiger partial charge is 0.339 e. The van der Waals surface area contributed by atoms with Gasteiger partial charge in [-0.15, -0.1) is 0 Å². The maximum atomic E-state index is 12.8. The lowest BCUT2D eigenvalue weighted by molar-refractivity contribution is 0.0596. The van der Waals surface area contributed by atoms with Gasteiger partial charge in [-0.3, -0.25) is 0 Å². The second-order valence-electron chi connectivity index (χ2n) is 8.35. The maximum absolute atomic E-state index is 12.8. The molecule has 8 heteroatoms. The molecule has 34 heavy (non-hydrogen) atoms. The second-order valence-corrected chi connectivity index (χ2v) is 11.2. The number of carbonyl (C=O) groups is 1. The lowest BCUT2D eigenvalue weighted by atomic mass is 10.0. The standard InChI is InChI=1S/C26H30N2O4S2/c1-18(2)16-20-10-8-19(9-11-20)14-15-28-34(30,31)21-12-13-25(23(27)17-21)33-24-7-5-4-6-22(24)26(29)32-3/h4-13,17-18,28H,14-16,27H2,1-3H3. The van der Waals surface area contributed by atoms with Gasteiger partial charge in [0.1, 0.15) is 0 Å². The molecule has 0 saturated carbocycles. The molecule has 0 aliphatic carbocycles. The Kier molecular flexibility index (Phi) is 8.77. The molecule has 0 spiro atoms. The van der Waals surface area contributed by atoms with Crippen LogP contribution in [-0.2, 0) is 27.6 Å². The monoisotopic (exact) mass is 498 g/mol. The Morgan fingerprint density at radius 2 is 1.68 bits per heavy atom. The molecule has 3 aromatic carbocycles. The Morgan fingerprint density at radius 3 is 2.32 bits per heavy atom. The lowest BCUT2D eigenvalue weighted by Gasteiger charge is -2.12. The summed E-state index contributed by atoms with van der Waals surface area (Å²) in [6, 6.07) is 19.9. The number of hydrogen-bond donors (Lipinski definition) is 2. The number of anilines is 1. The predicted octanol–water partition coefficient (Wildman–Crippen LogP) is 4.93. The van der Waals surface area contributed by atoms with Crippen LogP contribution in [0, 0.1) is 5.92 Å². The van der Waals surface area contributed by atoms with E-state index in [-0.39, 0.29) is 11.4 Å². The van der Waals surface area contributed by atoms with E-state index in [1.165, 1.54) is 36.6 Å². The van der Waals surface area contributed by atoms with Gasteiger partial charge in [-0.25, -0.2) is 17.9 Å². The molecule has 0 radical (unpaired) electrons. The lowest BCUT2D eigenvalue weighted by Crippen LogP contribution is -2.26. The van der Waals surface area contributed by atoms with Crippen LogP contribution in [0.3, 0.4) is 0 Å². The van der Waals surface area contributed by atoms with Crippen LogP contribution >= 0.6 is 11.8 Å². The molecule has 6 nitrogen and oxygen atoms in total. The normalized spacial score (nSPS) is 11.5. The van der Waals surface area contributed by atoms with Crippen molar-refractivity contribution >= 4 is 33.4 Å². The molecule has 0 unspecified atom stereocenters. The third kappa shape index (κ3) is 6.85. The van der Waals surface area contributed by atoms with E-state index in [9.17, 15) is 13.2 Å². The molecule has 180 valence electrons. The summed E-state index contributed by atoms with van der Waals surface area (Å²) in [7, 11) is -2.38. The average Bonchev–Trinajstić information content (AvgIpc) is 2.81. The third-order valence-corrected chi connectivity index (χ3v) is 7.80. The Bertz CT molecular complexity index is 1240. The highest BCUT2D eigenvalue weighted by Crippen LogP contribution is 2.35. The Balaban J connectivity index is 1.65. The highest BCUT2D eigenvalue weighted by Gasteiger charge is 2.17. The minimum Gasteiger partial charge on any atom is -0.465 e. The number of ether oxygens (including phenoxy) is 1. The van der Waals surface area contributed by atoms with Gasteiger partial charge >= 0.3 is 5.97 Å². The van der Waals surface area contributed by atoms with E-state index in [0.717, 1.165) is 12.0 Å². The van der Waals surface area contributed by atoms with Crippen LogP contribution in [0.15, 0.2) is 81.4 Å². The average molecular weight is 499 g/mol. The topological polar surface area (TPSA) is 98.5 Å². The van der Waals surface area contributed by atoms with Crippen molar-refractivity contribution in [2.75, 3.05) is 19.4 Å². The highest BCUT2D eigenvalue weighted by atomic mass is 32.2. The number of carbonyl (C=O) groups excluding carboxylic acids is 1. The molecular formula is C26H30N2O4S2. The van der Waals surface area contributed by atoms with Crippen molar-refractivity contribution in [3.8, 4) is 0 Å². The quantitative estimate of drug-likeness (QED) is 0.304. The Hall–Kier alpha value is -2.81. The second kappa shape index (κ2) is 11.6. The molecule has 0 amide bonds. The summed E-state index contributed by atoms with van der Waals surface area (Å²) in [5, 5.41) is 0. The van der Waals surface area contributed by atoms with Gasteiger partial charge < -0.3 is 10.5 Å². The van der Waals surface area contributed by atoms with E-state index in [1.807, 2.05) is 18.2 Å². The number of hydrogen-bond acceptors (Lipinski definition) is 6. The first kappa shape index (κ1) is 25.8. The first-order chi connectivity index (χ1) is 16.2. The molecule has 0 atom stereocenters. The molecule has 3 aromatic rings. The van der Waals surface area contributed by atoms with Crippen molar-refractivity contribution in [2.45, 2.75) is 41.4 Å². The van der Waals surface area contributed by atoms with Crippen LogP contribution in [-0.4, -0.2) is 28.0 Å². The first-order valence-corrected chi connectivity index (χ1v) is 13.3. The fraction of sp³-hybridized carbons (Fsp3) is 0.269. The van der Waals surface area contributed by atoms with Gasteiger partial charge in [-0.2, -0.15) is 0 Å². The van der Waals surface area contributed by atoms with Crippen LogP contribution in [0.1, 0.15) is 35.3 Å². The predicted molar refractivity (Wildman–Crippen MR) is 137 cm³/mol. The number of nitrogens with two attached hydrogens (primary N) is 1. The summed E-state index contributed by atoms with van der Waals surface area (Å²) in [5.41, 5.74) is 9.25. The summed E-state index contributed by atoms with van der Waals surface area (Å²) in [5.74, 6) is 0.150. The van der Waals surface area contributed by atoms with Gasteiger partial charge in [0.05, 0.1) is 17.6 Å². The van der Waals surface area contributed by atoms with Crippen LogP contribution < -0.4 is 10.5 Å². The minimum atomic E-state index is -3.71. The fourth-order valence-corrected chi connectivity index (χ4v) is 5.49. The first-order valence-electron chi connectivity index (χ1n) is 11.0. The van der Waals surface area contributed by atoms with Crippen molar-refractivity contribution in [1.82, 2.24) is 4.72 Å². The van der Waals surface area contributed by atoms with Crippen LogP contribution in [0.25, 0.3) is 0 Å². The molecule has 0 saturated heterocycles. The molecule has 0 bridgehead atoms. The van der Waals surface area contributed by atoms with Crippen molar-refractivity contribution in [2.24, 2.45) is 5.92 Å². The van der Waals surface area contributed by atoms with Crippen molar-refractivity contribution in [3.63, 3.8) is 0 Å². The Morgan fingerprint density at radius 1 is 1.00 bits per heavy atom. The van der Waals surface area contributed by atoms with E-state index in [1.54, 1.807) is 24.3 Å². The van der Waals surface area contributed by atoms with Gasteiger partial charge in [0, 0.05) is 22.0 Å². The number of nitrogen functional groups attached to an aromatic ring is 1. The van der Waals surface area contributed by atoms with Crippen molar-refractivity contribution in [3.05, 3.63) is 83.4 Å². The van der Waals surface area contributed by atoms with E-state index < -0.39 is 16.0 Å². The van der Waals surface area contributed by atoms with Gasteiger partial charge in [0.15, 0.2) is 0 Å². The number of esters is 1. The fourth-order valence-electron chi connectivity index (χ4n) is 3.47. The van der Waals surface area contributed by atoms with Gasteiger partial charge in [-0.1, -0.05) is 62.0 Å². The molecule has 3 N–H and O–H groups in total. The summed E-state index contributed by atoms with van der Waals surface area (Å²) in [6.45, 7) is 4.65. The number of rotatable bonds is 10. The summed E-state index contributed by atoms with van der Waals surface area (Å²) >= 11 is 1.28. The molecule has 0 fully saturated rings.